The fourth-order valence-electron chi connectivity index (χ4n) is 3.40. The smallest absolute Gasteiger partial charge is 0.214 e. The zero-order chi connectivity index (χ0) is 15.0. The van der Waals surface area contributed by atoms with Gasteiger partial charge >= 0.3 is 0 Å². The Balaban J connectivity index is 2.01. The summed E-state index contributed by atoms with van der Waals surface area (Å²) in [6, 6.07) is 6.26. The van der Waals surface area contributed by atoms with E-state index in [9.17, 15) is 5.11 Å². The summed E-state index contributed by atoms with van der Waals surface area (Å²) in [6.45, 7) is 6.41. The molecule has 3 N–H and O–H groups in total. The highest BCUT2D eigenvalue weighted by Gasteiger charge is 2.26. The Morgan fingerprint density at radius 2 is 2.19 bits per heavy atom. The highest BCUT2D eigenvalue weighted by Crippen LogP contribution is 2.29. The number of piperidine rings is 1. The summed E-state index contributed by atoms with van der Waals surface area (Å²) in [5.74, 6) is 0.383. The minimum absolute atomic E-state index is 0.383. The summed E-state index contributed by atoms with van der Waals surface area (Å²) < 4.78 is 0. The zero-order valence-electron chi connectivity index (χ0n) is 12.7. The quantitative estimate of drug-likeness (QED) is 0.878. The lowest BCUT2D eigenvalue weighted by atomic mass is 10.0. The van der Waals surface area contributed by atoms with E-state index in [1.165, 1.54) is 25.8 Å². The van der Waals surface area contributed by atoms with Crippen molar-refractivity contribution < 1.29 is 15.0 Å². The second-order valence-corrected chi connectivity index (χ2v) is 6.69. The van der Waals surface area contributed by atoms with E-state index in [-0.39, 0.29) is 0 Å². The second-order valence-electron chi connectivity index (χ2n) is 6.25. The topological polar surface area (TPSA) is 38.8 Å². The number of halogens is 1. The number of hydrogen-bond acceptors (Lipinski definition) is 1. The van der Waals surface area contributed by atoms with Crippen LogP contribution in [0.4, 0.5) is 0 Å². The van der Waals surface area contributed by atoms with Crippen LogP contribution in [0.5, 0.6) is 5.75 Å². The molecule has 1 aliphatic heterocycles. The molecule has 0 amide bonds. The van der Waals surface area contributed by atoms with Crippen molar-refractivity contribution in [3.8, 4) is 5.75 Å². The first-order chi connectivity index (χ1) is 10.1. The molecule has 0 aliphatic carbocycles. The number of likely N-dealkylation sites (tertiary alicyclic amines) is 1. The predicted molar refractivity (Wildman–Crippen MR) is 84.8 cm³/mol. The van der Waals surface area contributed by atoms with Gasteiger partial charge < -0.3 is 10.0 Å². The Kier molecular flexibility index (Phi) is 4.05. The number of hydrogen-bond donors (Lipinski definition) is 2. The van der Waals surface area contributed by atoms with Crippen molar-refractivity contribution >= 4 is 22.5 Å². The van der Waals surface area contributed by atoms with Crippen LogP contribution in [0.3, 0.4) is 0 Å². The van der Waals surface area contributed by atoms with Gasteiger partial charge in [0.25, 0.3) is 0 Å². The van der Waals surface area contributed by atoms with E-state index in [1.807, 2.05) is 25.1 Å². The predicted octanol–water partition coefficient (Wildman–Crippen LogP) is 2.28. The second kappa shape index (κ2) is 5.82. The Hall–Kier alpha value is -1.32. The van der Waals surface area contributed by atoms with Crippen molar-refractivity contribution in [2.24, 2.45) is 0 Å². The van der Waals surface area contributed by atoms with Gasteiger partial charge in [-0.1, -0.05) is 11.6 Å². The molecule has 112 valence electrons. The highest BCUT2D eigenvalue weighted by atomic mass is 35.5. The third kappa shape index (κ3) is 2.85. The largest absolute Gasteiger partial charge is 0.506 e. The van der Waals surface area contributed by atoms with Crippen LogP contribution < -0.4 is 9.88 Å². The number of aromatic hydroxyl groups is 1. The van der Waals surface area contributed by atoms with Gasteiger partial charge in [0.1, 0.15) is 17.9 Å². The Morgan fingerprint density at radius 3 is 2.95 bits per heavy atom. The molecule has 3 rings (SSSR count). The third-order valence-corrected chi connectivity index (χ3v) is 5.02. The number of fused-ring (bicyclic) bond motifs is 1. The number of nitrogens with one attached hydrogen (secondary N) is 2. The van der Waals surface area contributed by atoms with Crippen LogP contribution in [-0.4, -0.2) is 17.7 Å². The molecule has 2 unspecified atom stereocenters. The van der Waals surface area contributed by atoms with Crippen molar-refractivity contribution in [2.45, 2.75) is 45.7 Å². The number of benzene rings is 1. The molecule has 2 atom stereocenters. The Morgan fingerprint density at radius 1 is 1.38 bits per heavy atom. The minimum atomic E-state index is 0.383. The minimum Gasteiger partial charge on any atom is -0.506 e. The van der Waals surface area contributed by atoms with E-state index < -0.39 is 0 Å². The fraction of sp³-hybridized carbons (Fsp3) is 0.471. The molecule has 2 heterocycles. The number of quaternary nitrogens is 1. The van der Waals surface area contributed by atoms with Gasteiger partial charge in [-0.05, 0) is 38.3 Å². The molecule has 1 aromatic carbocycles. The molecule has 3 nitrogen and oxygen atoms in total. The molecule has 1 fully saturated rings. The van der Waals surface area contributed by atoms with Crippen molar-refractivity contribution in [1.82, 2.24) is 0 Å². The lowest BCUT2D eigenvalue weighted by Crippen LogP contribution is -3.15. The third-order valence-electron chi connectivity index (χ3n) is 4.78. The summed E-state index contributed by atoms with van der Waals surface area (Å²) in [4.78, 5) is 4.96. The molecule has 0 spiro atoms. The number of rotatable bonds is 2. The van der Waals surface area contributed by atoms with Crippen molar-refractivity contribution in [3.05, 3.63) is 34.5 Å². The molecular weight excluding hydrogens is 284 g/mol. The summed E-state index contributed by atoms with van der Waals surface area (Å²) in [5.41, 5.74) is 3.00. The lowest BCUT2D eigenvalue weighted by Gasteiger charge is -2.30. The SMILES string of the molecule is Cc1[nH+]c2ccc(Cl)cc2c(O)c1C[NH+]1CCCCC1C. The molecule has 1 aliphatic rings. The normalized spacial score (nSPS) is 22.6. The number of aromatic amines is 1. The maximum absolute atomic E-state index is 10.7. The maximum atomic E-state index is 10.7. The number of pyridine rings is 1. The van der Waals surface area contributed by atoms with E-state index in [1.54, 1.807) is 4.90 Å². The van der Waals surface area contributed by atoms with Gasteiger partial charge in [0, 0.05) is 18.0 Å². The lowest BCUT2D eigenvalue weighted by molar-refractivity contribution is -0.942. The number of aryl methyl sites for hydroxylation is 1. The van der Waals surface area contributed by atoms with Crippen LogP contribution in [0.1, 0.15) is 37.4 Å². The maximum Gasteiger partial charge on any atom is 0.214 e. The van der Waals surface area contributed by atoms with Crippen molar-refractivity contribution in [3.63, 3.8) is 0 Å². The van der Waals surface area contributed by atoms with Crippen molar-refractivity contribution in [2.75, 3.05) is 6.54 Å². The first-order valence-electron chi connectivity index (χ1n) is 7.74. The molecule has 2 aromatic rings. The van der Waals surface area contributed by atoms with Gasteiger partial charge in [-0.15, -0.1) is 0 Å². The van der Waals surface area contributed by atoms with E-state index >= 15 is 0 Å². The van der Waals surface area contributed by atoms with Crippen LogP contribution in [-0.2, 0) is 6.54 Å². The van der Waals surface area contributed by atoms with Gasteiger partial charge in [0.2, 0.25) is 5.52 Å². The van der Waals surface area contributed by atoms with Gasteiger partial charge in [-0.3, -0.25) is 0 Å². The molecule has 0 bridgehead atoms. The Labute approximate surface area is 130 Å². The molecular formula is C17H23ClN2O+2. The summed E-state index contributed by atoms with van der Waals surface area (Å²) in [7, 11) is 0. The van der Waals surface area contributed by atoms with Gasteiger partial charge in [-0.2, -0.15) is 0 Å². The number of aromatic nitrogens is 1. The van der Waals surface area contributed by atoms with E-state index in [4.69, 9.17) is 11.6 Å². The van der Waals surface area contributed by atoms with Crippen LogP contribution >= 0.6 is 11.6 Å². The van der Waals surface area contributed by atoms with Crippen molar-refractivity contribution in [1.29, 1.82) is 0 Å². The molecule has 4 heteroatoms. The summed E-state index contributed by atoms with van der Waals surface area (Å²) in [5, 5.41) is 12.1. The van der Waals surface area contributed by atoms with Crippen LogP contribution in [0.25, 0.3) is 10.9 Å². The van der Waals surface area contributed by atoms with E-state index in [0.29, 0.717) is 16.8 Å². The monoisotopic (exact) mass is 306 g/mol. The van der Waals surface area contributed by atoms with E-state index in [2.05, 4.69) is 11.9 Å². The first kappa shape index (κ1) is 14.6. The molecule has 1 saturated heterocycles. The van der Waals surface area contributed by atoms with Crippen LogP contribution in [0.2, 0.25) is 5.02 Å². The summed E-state index contributed by atoms with van der Waals surface area (Å²) in [6.07, 6.45) is 3.88. The van der Waals surface area contributed by atoms with Gasteiger partial charge in [0.05, 0.1) is 18.0 Å². The summed E-state index contributed by atoms with van der Waals surface area (Å²) >= 11 is 6.07. The fourth-order valence-corrected chi connectivity index (χ4v) is 3.57. The zero-order valence-corrected chi connectivity index (χ0v) is 13.4. The average Bonchev–Trinajstić information content (AvgIpc) is 2.46. The molecule has 1 aromatic heterocycles. The van der Waals surface area contributed by atoms with Gasteiger partial charge in [0.15, 0.2) is 5.69 Å². The van der Waals surface area contributed by atoms with Gasteiger partial charge in [-0.25, -0.2) is 4.98 Å². The molecule has 21 heavy (non-hydrogen) atoms. The first-order valence-corrected chi connectivity index (χ1v) is 8.11. The average molecular weight is 307 g/mol. The molecule has 0 saturated carbocycles. The standard InChI is InChI=1S/C17H21ClN2O/c1-11-5-3-4-8-20(11)10-15-12(2)19-16-7-6-13(18)9-14(16)17(15)21/h6-7,9,11H,3-5,8,10H2,1-2H3,(H,19,21)/p+2. The highest BCUT2D eigenvalue weighted by molar-refractivity contribution is 6.31. The Bertz CT molecular complexity index is 671. The van der Waals surface area contributed by atoms with Crippen LogP contribution in [0.15, 0.2) is 18.2 Å². The molecule has 0 radical (unpaired) electrons. The number of H-pyrrole nitrogens is 1. The van der Waals surface area contributed by atoms with Crippen LogP contribution in [0, 0.1) is 6.92 Å². The van der Waals surface area contributed by atoms with E-state index in [0.717, 1.165) is 28.7 Å².